The van der Waals surface area contributed by atoms with Crippen molar-refractivity contribution in [1.82, 2.24) is 10.2 Å². The Balaban J connectivity index is 2.47. The van der Waals surface area contributed by atoms with Crippen LogP contribution in [0.25, 0.3) is 0 Å². The van der Waals surface area contributed by atoms with Crippen molar-refractivity contribution in [1.29, 1.82) is 0 Å². The molecule has 122 valence electrons. The van der Waals surface area contributed by atoms with Crippen molar-refractivity contribution in [3.63, 3.8) is 0 Å². The number of nitrogens with one attached hydrogen (secondary N) is 1. The van der Waals surface area contributed by atoms with Crippen LogP contribution in [0.3, 0.4) is 0 Å². The van der Waals surface area contributed by atoms with Crippen LogP contribution < -0.4 is 16.8 Å². The molecule has 0 bridgehead atoms. The molecule has 5 N–H and O–H groups in total. The molecule has 3 amide bonds. The molecule has 0 aromatic heterocycles. The quantitative estimate of drug-likeness (QED) is 0.556. The summed E-state index contributed by atoms with van der Waals surface area (Å²) in [7, 11) is -3.12. The maximum atomic E-state index is 12.2. The Morgan fingerprint density at radius 1 is 1.43 bits per heavy atom. The molecule has 8 nitrogen and oxygen atoms in total. The van der Waals surface area contributed by atoms with Crippen LogP contribution in [0.1, 0.15) is 19.3 Å². The standard InChI is InChI=1S/C12H24N4O4S/c1-21(19,20)6-4-10(13)11(17)16-5-2-3-9(8-16)7-15-12(14)18/h9-10H,2-8,13H2,1H3,(H3,14,15,18). The van der Waals surface area contributed by atoms with Crippen molar-refractivity contribution in [2.24, 2.45) is 17.4 Å². The second-order valence-electron chi connectivity index (χ2n) is 5.56. The van der Waals surface area contributed by atoms with Gasteiger partial charge in [0.15, 0.2) is 0 Å². The van der Waals surface area contributed by atoms with Gasteiger partial charge in [-0.05, 0) is 25.2 Å². The fourth-order valence-corrected chi connectivity index (χ4v) is 3.06. The number of nitrogens with zero attached hydrogens (tertiary/aromatic N) is 1. The normalized spacial score (nSPS) is 20.9. The van der Waals surface area contributed by atoms with Gasteiger partial charge in [-0.2, -0.15) is 0 Å². The number of likely N-dealkylation sites (tertiary alicyclic amines) is 1. The molecule has 1 aliphatic heterocycles. The van der Waals surface area contributed by atoms with E-state index in [0.29, 0.717) is 19.6 Å². The molecule has 0 aromatic rings. The first kappa shape index (κ1) is 17.7. The summed E-state index contributed by atoms with van der Waals surface area (Å²) >= 11 is 0. The van der Waals surface area contributed by atoms with Crippen LogP contribution >= 0.6 is 0 Å². The zero-order valence-electron chi connectivity index (χ0n) is 12.2. The molecule has 1 heterocycles. The predicted molar refractivity (Wildman–Crippen MR) is 79.2 cm³/mol. The first-order valence-corrected chi connectivity index (χ1v) is 9.00. The lowest BCUT2D eigenvalue weighted by molar-refractivity contribution is -0.134. The van der Waals surface area contributed by atoms with Crippen LogP contribution in [0.15, 0.2) is 0 Å². The van der Waals surface area contributed by atoms with Gasteiger partial charge in [-0.1, -0.05) is 0 Å². The van der Waals surface area contributed by atoms with Crippen LogP contribution in [-0.4, -0.2) is 62.9 Å². The average molecular weight is 320 g/mol. The third kappa shape index (κ3) is 6.76. The largest absolute Gasteiger partial charge is 0.352 e. The van der Waals surface area contributed by atoms with Crippen molar-refractivity contribution in [3.8, 4) is 0 Å². The first-order valence-electron chi connectivity index (χ1n) is 6.94. The van der Waals surface area contributed by atoms with Crippen molar-refractivity contribution < 1.29 is 18.0 Å². The van der Waals surface area contributed by atoms with E-state index in [-0.39, 0.29) is 24.0 Å². The highest BCUT2D eigenvalue weighted by Crippen LogP contribution is 2.16. The molecule has 21 heavy (non-hydrogen) atoms. The summed E-state index contributed by atoms with van der Waals surface area (Å²) in [5.74, 6) is -0.180. The number of carbonyl (C=O) groups excluding carboxylic acids is 2. The number of piperidine rings is 1. The van der Waals surface area contributed by atoms with E-state index in [9.17, 15) is 18.0 Å². The van der Waals surface area contributed by atoms with E-state index in [2.05, 4.69) is 5.32 Å². The summed E-state index contributed by atoms with van der Waals surface area (Å²) in [5, 5.41) is 2.54. The second kappa shape index (κ2) is 7.60. The van der Waals surface area contributed by atoms with Crippen LogP contribution in [0.2, 0.25) is 0 Å². The molecule has 1 saturated heterocycles. The van der Waals surface area contributed by atoms with E-state index in [0.717, 1.165) is 19.1 Å². The van der Waals surface area contributed by atoms with E-state index in [1.165, 1.54) is 0 Å². The van der Waals surface area contributed by atoms with E-state index in [1.807, 2.05) is 0 Å². The molecule has 0 saturated carbocycles. The SMILES string of the molecule is CS(=O)(=O)CCC(N)C(=O)N1CCCC(CNC(N)=O)C1. The summed E-state index contributed by atoms with van der Waals surface area (Å²) < 4.78 is 22.2. The molecule has 0 spiro atoms. The Morgan fingerprint density at radius 2 is 2.10 bits per heavy atom. The molecule has 0 aromatic carbocycles. The van der Waals surface area contributed by atoms with E-state index in [1.54, 1.807) is 4.90 Å². The van der Waals surface area contributed by atoms with Crippen LogP contribution in [0.5, 0.6) is 0 Å². The molecule has 2 unspecified atom stereocenters. The monoisotopic (exact) mass is 320 g/mol. The third-order valence-corrected chi connectivity index (χ3v) is 4.49. The summed E-state index contributed by atoms with van der Waals surface area (Å²) in [4.78, 5) is 24.5. The minimum absolute atomic E-state index is 0.0968. The first-order chi connectivity index (χ1) is 9.69. The highest BCUT2D eigenvalue weighted by atomic mass is 32.2. The van der Waals surface area contributed by atoms with Gasteiger partial charge in [0.2, 0.25) is 5.91 Å². The van der Waals surface area contributed by atoms with Crippen molar-refractivity contribution in [2.75, 3.05) is 31.6 Å². The van der Waals surface area contributed by atoms with E-state index >= 15 is 0 Å². The van der Waals surface area contributed by atoms with Crippen molar-refractivity contribution >= 4 is 21.8 Å². The Bertz CT molecular complexity index is 480. The molecule has 0 aliphatic carbocycles. The molecule has 1 aliphatic rings. The maximum absolute atomic E-state index is 12.2. The summed E-state index contributed by atoms with van der Waals surface area (Å²) in [6.45, 7) is 1.54. The number of sulfone groups is 1. The highest BCUT2D eigenvalue weighted by molar-refractivity contribution is 7.90. The van der Waals surface area contributed by atoms with Gasteiger partial charge in [0.1, 0.15) is 9.84 Å². The van der Waals surface area contributed by atoms with Gasteiger partial charge in [-0.3, -0.25) is 4.79 Å². The Labute approximate surface area is 125 Å². The topological polar surface area (TPSA) is 136 Å². The lowest BCUT2D eigenvalue weighted by atomic mass is 9.97. The predicted octanol–water partition coefficient (Wildman–Crippen LogP) is -1.34. The lowest BCUT2D eigenvalue weighted by Gasteiger charge is -2.34. The summed E-state index contributed by atoms with van der Waals surface area (Å²) in [6, 6.07) is -1.38. The number of nitrogens with two attached hydrogens (primary N) is 2. The highest BCUT2D eigenvalue weighted by Gasteiger charge is 2.27. The van der Waals surface area contributed by atoms with Crippen LogP contribution in [0.4, 0.5) is 4.79 Å². The molecule has 1 fully saturated rings. The minimum atomic E-state index is -3.12. The number of hydrogen-bond acceptors (Lipinski definition) is 5. The van der Waals surface area contributed by atoms with Gasteiger partial charge in [0.25, 0.3) is 0 Å². The van der Waals surface area contributed by atoms with Crippen LogP contribution in [0, 0.1) is 5.92 Å². The second-order valence-corrected chi connectivity index (χ2v) is 7.82. The number of amides is 3. The lowest BCUT2D eigenvalue weighted by Crippen LogP contribution is -2.50. The Morgan fingerprint density at radius 3 is 2.67 bits per heavy atom. The Hall–Kier alpha value is -1.35. The van der Waals surface area contributed by atoms with Crippen molar-refractivity contribution in [3.05, 3.63) is 0 Å². The Kier molecular flexibility index (Phi) is 6.41. The fourth-order valence-electron chi connectivity index (χ4n) is 2.38. The van der Waals surface area contributed by atoms with E-state index < -0.39 is 21.9 Å². The molecule has 1 rings (SSSR count). The third-order valence-electron chi connectivity index (χ3n) is 3.51. The van der Waals surface area contributed by atoms with Gasteiger partial charge >= 0.3 is 6.03 Å². The number of primary amides is 1. The molecule has 9 heteroatoms. The van der Waals surface area contributed by atoms with E-state index in [4.69, 9.17) is 11.5 Å². The summed E-state index contributed by atoms with van der Waals surface area (Å²) in [6.07, 6.45) is 2.98. The average Bonchev–Trinajstić information content (AvgIpc) is 2.41. The molecular formula is C12H24N4O4S. The van der Waals surface area contributed by atoms with Crippen LogP contribution in [-0.2, 0) is 14.6 Å². The number of rotatable bonds is 6. The smallest absolute Gasteiger partial charge is 0.312 e. The van der Waals surface area contributed by atoms with Gasteiger partial charge in [0, 0.05) is 25.9 Å². The minimum Gasteiger partial charge on any atom is -0.352 e. The van der Waals surface area contributed by atoms with Gasteiger partial charge in [-0.15, -0.1) is 0 Å². The molecule has 0 radical (unpaired) electrons. The summed E-state index contributed by atoms with van der Waals surface area (Å²) in [5.41, 5.74) is 10.8. The zero-order valence-corrected chi connectivity index (χ0v) is 13.1. The van der Waals surface area contributed by atoms with Gasteiger partial charge < -0.3 is 21.7 Å². The molecule has 2 atom stereocenters. The molecular weight excluding hydrogens is 296 g/mol. The van der Waals surface area contributed by atoms with Gasteiger partial charge in [0.05, 0.1) is 11.8 Å². The maximum Gasteiger partial charge on any atom is 0.312 e. The number of urea groups is 1. The fraction of sp³-hybridized carbons (Fsp3) is 0.833. The number of hydrogen-bond donors (Lipinski definition) is 3. The van der Waals surface area contributed by atoms with Crippen molar-refractivity contribution in [2.45, 2.75) is 25.3 Å². The zero-order chi connectivity index (χ0) is 16.0. The van der Waals surface area contributed by atoms with Gasteiger partial charge in [-0.25, -0.2) is 13.2 Å². The number of carbonyl (C=O) groups is 2.